The average molecular weight is 379 g/mol. The van der Waals surface area contributed by atoms with E-state index in [0.717, 1.165) is 22.4 Å². The molecule has 0 aromatic heterocycles. The van der Waals surface area contributed by atoms with Gasteiger partial charge in [-0.05, 0) is 71.7 Å². The van der Waals surface area contributed by atoms with Crippen LogP contribution in [0.2, 0.25) is 0 Å². The minimum atomic E-state index is -0.797. The summed E-state index contributed by atoms with van der Waals surface area (Å²) < 4.78 is 27.3. The zero-order valence-corrected chi connectivity index (χ0v) is 16.6. The molecule has 3 aromatic rings. The third-order valence-corrected chi connectivity index (χ3v) is 6.44. The topological polar surface area (TPSA) is 0 Å². The van der Waals surface area contributed by atoms with Crippen LogP contribution in [0.15, 0.2) is 54.6 Å². The number of halogens is 2. The van der Waals surface area contributed by atoms with Crippen LogP contribution in [0.3, 0.4) is 0 Å². The van der Waals surface area contributed by atoms with E-state index in [1.54, 1.807) is 12.1 Å². The second-order valence-electron chi connectivity index (χ2n) is 8.28. The lowest BCUT2D eigenvalue weighted by atomic mass is 9.77. The Hall–Kier alpha value is -2.22. The fraction of sp³-hybridized carbons (Fsp3) is 0.385. The summed E-state index contributed by atoms with van der Waals surface area (Å²) in [7, 11) is 0. The Bertz CT molecular complexity index is 935. The highest BCUT2D eigenvalue weighted by molar-refractivity contribution is 5.87. The van der Waals surface area contributed by atoms with Crippen LogP contribution >= 0.6 is 0 Å². The standard InChI is InChI=1S/C26H28F2/c1-2-3-4-18-5-7-19(8-6-18)20-9-11-21(12-10-20)22-13-15-24-23(17-22)14-16-25(27)26(24)28/h9-19H,2-8H2,1H3. The summed E-state index contributed by atoms with van der Waals surface area (Å²) in [4.78, 5) is 0. The molecule has 0 spiro atoms. The largest absolute Gasteiger partial charge is 0.204 e. The molecule has 1 aliphatic carbocycles. The van der Waals surface area contributed by atoms with Crippen molar-refractivity contribution in [1.29, 1.82) is 0 Å². The molecule has 4 rings (SSSR count). The van der Waals surface area contributed by atoms with Gasteiger partial charge in [-0.15, -0.1) is 0 Å². The van der Waals surface area contributed by atoms with Crippen LogP contribution in [0.5, 0.6) is 0 Å². The van der Waals surface area contributed by atoms with Crippen LogP contribution in [-0.4, -0.2) is 0 Å². The molecule has 1 saturated carbocycles. The highest BCUT2D eigenvalue weighted by atomic mass is 19.2. The first-order chi connectivity index (χ1) is 13.7. The van der Waals surface area contributed by atoms with E-state index in [-0.39, 0.29) is 0 Å². The number of fused-ring (bicyclic) bond motifs is 1. The van der Waals surface area contributed by atoms with Crippen molar-refractivity contribution in [1.82, 2.24) is 0 Å². The zero-order valence-electron chi connectivity index (χ0n) is 16.6. The number of hydrogen-bond acceptors (Lipinski definition) is 0. The van der Waals surface area contributed by atoms with E-state index in [9.17, 15) is 8.78 Å². The summed E-state index contributed by atoms with van der Waals surface area (Å²) in [5.74, 6) is 0.0434. The molecule has 0 saturated heterocycles. The maximum Gasteiger partial charge on any atom is 0.166 e. The van der Waals surface area contributed by atoms with Crippen molar-refractivity contribution in [3.05, 3.63) is 71.8 Å². The summed E-state index contributed by atoms with van der Waals surface area (Å²) >= 11 is 0. The molecule has 0 radical (unpaired) electrons. The minimum absolute atomic E-state index is 0.334. The molecule has 28 heavy (non-hydrogen) atoms. The first kappa shape index (κ1) is 19.1. The van der Waals surface area contributed by atoms with Gasteiger partial charge < -0.3 is 0 Å². The van der Waals surface area contributed by atoms with E-state index >= 15 is 0 Å². The summed E-state index contributed by atoms with van der Waals surface area (Å²) in [6.45, 7) is 2.28. The Morgan fingerprint density at radius 2 is 1.54 bits per heavy atom. The van der Waals surface area contributed by atoms with Gasteiger partial charge in [-0.2, -0.15) is 0 Å². The van der Waals surface area contributed by atoms with Gasteiger partial charge in [0.05, 0.1) is 0 Å². The van der Waals surface area contributed by atoms with Crippen molar-refractivity contribution in [2.45, 2.75) is 57.8 Å². The second kappa shape index (κ2) is 8.43. The monoisotopic (exact) mass is 378 g/mol. The molecule has 0 amide bonds. The zero-order chi connectivity index (χ0) is 19.5. The molecular weight excluding hydrogens is 350 g/mol. The van der Waals surface area contributed by atoms with Crippen LogP contribution in [0, 0.1) is 17.6 Å². The maximum absolute atomic E-state index is 13.9. The highest BCUT2D eigenvalue weighted by Gasteiger charge is 2.22. The van der Waals surface area contributed by atoms with Crippen molar-refractivity contribution in [3.63, 3.8) is 0 Å². The SMILES string of the molecule is CCCCC1CCC(c2ccc(-c3ccc4c(F)c(F)ccc4c3)cc2)CC1. The van der Waals surface area contributed by atoms with Crippen molar-refractivity contribution < 1.29 is 8.78 Å². The molecule has 0 unspecified atom stereocenters. The van der Waals surface area contributed by atoms with Crippen molar-refractivity contribution in [2.24, 2.45) is 5.92 Å². The van der Waals surface area contributed by atoms with Crippen molar-refractivity contribution in [2.75, 3.05) is 0 Å². The smallest absolute Gasteiger partial charge is 0.166 e. The van der Waals surface area contributed by atoms with E-state index < -0.39 is 11.6 Å². The van der Waals surface area contributed by atoms with E-state index in [4.69, 9.17) is 0 Å². The highest BCUT2D eigenvalue weighted by Crippen LogP contribution is 2.38. The van der Waals surface area contributed by atoms with Gasteiger partial charge in [-0.3, -0.25) is 0 Å². The van der Waals surface area contributed by atoms with Gasteiger partial charge in [0.15, 0.2) is 11.6 Å². The quantitative estimate of drug-likeness (QED) is 0.419. The van der Waals surface area contributed by atoms with E-state index in [1.165, 1.54) is 56.6 Å². The lowest BCUT2D eigenvalue weighted by Crippen LogP contribution is -2.13. The van der Waals surface area contributed by atoms with Crippen LogP contribution < -0.4 is 0 Å². The molecular formula is C26H28F2. The number of benzene rings is 3. The Labute approximate surface area is 166 Å². The van der Waals surface area contributed by atoms with Gasteiger partial charge in [0.2, 0.25) is 0 Å². The summed E-state index contributed by atoms with van der Waals surface area (Å²) in [5.41, 5.74) is 3.59. The lowest BCUT2D eigenvalue weighted by molar-refractivity contribution is 0.304. The predicted molar refractivity (Wildman–Crippen MR) is 114 cm³/mol. The third-order valence-electron chi connectivity index (χ3n) is 6.44. The maximum atomic E-state index is 13.9. The molecule has 0 N–H and O–H groups in total. The first-order valence-electron chi connectivity index (χ1n) is 10.6. The molecule has 1 aliphatic rings. The molecule has 2 heteroatoms. The molecule has 1 fully saturated rings. The van der Waals surface area contributed by atoms with Gasteiger partial charge >= 0.3 is 0 Å². The Balaban J connectivity index is 1.48. The molecule has 0 nitrogen and oxygen atoms in total. The van der Waals surface area contributed by atoms with E-state index in [0.29, 0.717) is 11.3 Å². The molecule has 0 heterocycles. The fourth-order valence-corrected chi connectivity index (χ4v) is 4.67. The minimum Gasteiger partial charge on any atom is -0.204 e. The number of hydrogen-bond donors (Lipinski definition) is 0. The first-order valence-corrected chi connectivity index (χ1v) is 10.6. The Morgan fingerprint density at radius 3 is 2.25 bits per heavy atom. The average Bonchev–Trinajstić information content (AvgIpc) is 2.75. The Kier molecular flexibility index (Phi) is 5.75. The second-order valence-corrected chi connectivity index (χ2v) is 8.28. The summed E-state index contributed by atoms with van der Waals surface area (Å²) in [6.07, 6.45) is 9.39. The van der Waals surface area contributed by atoms with Gasteiger partial charge in [0.1, 0.15) is 0 Å². The summed E-state index contributed by atoms with van der Waals surface area (Å²) in [5, 5.41) is 1.06. The van der Waals surface area contributed by atoms with Crippen molar-refractivity contribution >= 4 is 10.8 Å². The molecule has 146 valence electrons. The molecule has 0 bridgehead atoms. The normalized spacial score (nSPS) is 19.8. The third kappa shape index (κ3) is 3.97. The summed E-state index contributed by atoms with van der Waals surface area (Å²) in [6, 6.07) is 17.2. The van der Waals surface area contributed by atoms with Gasteiger partial charge in [0, 0.05) is 5.39 Å². The van der Waals surface area contributed by atoms with Crippen LogP contribution in [0.1, 0.15) is 63.4 Å². The predicted octanol–water partition coefficient (Wildman–Crippen LogP) is 8.25. The van der Waals surface area contributed by atoms with Gasteiger partial charge in [0.25, 0.3) is 0 Å². The molecule has 0 atom stereocenters. The van der Waals surface area contributed by atoms with Gasteiger partial charge in [-0.25, -0.2) is 8.78 Å². The number of rotatable bonds is 5. The van der Waals surface area contributed by atoms with Crippen LogP contribution in [0.25, 0.3) is 21.9 Å². The number of unbranched alkanes of at least 4 members (excludes halogenated alkanes) is 1. The van der Waals surface area contributed by atoms with Crippen LogP contribution in [0.4, 0.5) is 8.78 Å². The van der Waals surface area contributed by atoms with E-state index in [1.807, 2.05) is 12.1 Å². The Morgan fingerprint density at radius 1 is 0.821 bits per heavy atom. The molecule has 3 aromatic carbocycles. The van der Waals surface area contributed by atoms with E-state index in [2.05, 4.69) is 31.2 Å². The molecule has 0 aliphatic heterocycles. The lowest BCUT2D eigenvalue weighted by Gasteiger charge is -2.29. The van der Waals surface area contributed by atoms with Crippen molar-refractivity contribution in [3.8, 4) is 11.1 Å². The fourth-order valence-electron chi connectivity index (χ4n) is 4.67. The van der Waals surface area contributed by atoms with Crippen LogP contribution in [-0.2, 0) is 0 Å². The van der Waals surface area contributed by atoms with Gasteiger partial charge in [-0.1, -0.05) is 68.7 Å².